The second-order valence-corrected chi connectivity index (χ2v) is 6.39. The Kier molecular flexibility index (Phi) is 4.64. The van der Waals surface area contributed by atoms with E-state index in [1.165, 1.54) is 0 Å². The Hall–Kier alpha value is -1.72. The second kappa shape index (κ2) is 6.06. The van der Waals surface area contributed by atoms with Crippen LogP contribution in [0.15, 0.2) is 15.8 Å². The molecule has 0 bridgehead atoms. The molecular weight excluding hydrogens is 310 g/mol. The van der Waals surface area contributed by atoms with Crippen LogP contribution in [0.4, 0.5) is 5.69 Å². The number of hydroxylamine groups is 1. The maximum absolute atomic E-state index is 12.0. The fourth-order valence-electron chi connectivity index (χ4n) is 2.29. The molecule has 1 aliphatic heterocycles. The molecule has 0 radical (unpaired) electrons. The number of nitrogens with one attached hydrogen (secondary N) is 1. The SMILES string of the molecule is CC(C)(C)N(O)c1cn([C@H]2O[C@@H](CO)C(O)C2O)c(=O)[nH]c1=O. The lowest BCUT2D eigenvalue weighted by Gasteiger charge is -2.31. The molecule has 5 N–H and O–H groups in total. The van der Waals surface area contributed by atoms with Gasteiger partial charge >= 0.3 is 5.69 Å². The van der Waals surface area contributed by atoms with E-state index in [1.807, 2.05) is 4.98 Å². The van der Waals surface area contributed by atoms with E-state index in [1.54, 1.807) is 20.8 Å². The topological polar surface area (TPSA) is 148 Å². The standard InChI is InChI=1S/C13H21N3O7/c1-13(2,3)16(22)6-4-15(12(21)14-10(6)20)11-9(19)8(18)7(5-17)23-11/h4,7-9,11,17-19,22H,5H2,1-3H3,(H,14,20,21)/t7-,8?,9?,11-/m0/s1. The van der Waals surface area contributed by atoms with E-state index in [0.29, 0.717) is 5.06 Å². The van der Waals surface area contributed by atoms with E-state index in [9.17, 15) is 25.0 Å². The summed E-state index contributed by atoms with van der Waals surface area (Å²) < 4.78 is 6.11. The number of H-pyrrole nitrogens is 1. The Morgan fingerprint density at radius 2 is 1.91 bits per heavy atom. The molecule has 0 saturated carbocycles. The number of aliphatic hydroxyl groups excluding tert-OH is 3. The van der Waals surface area contributed by atoms with Gasteiger partial charge in [-0.15, -0.1) is 0 Å². The Balaban J connectivity index is 2.49. The molecule has 130 valence electrons. The average Bonchev–Trinajstić information content (AvgIpc) is 2.73. The van der Waals surface area contributed by atoms with Crippen LogP contribution in [0.1, 0.15) is 27.0 Å². The molecule has 2 rings (SSSR count). The van der Waals surface area contributed by atoms with Gasteiger partial charge in [-0.25, -0.2) is 9.86 Å². The predicted molar refractivity (Wildman–Crippen MR) is 78.4 cm³/mol. The summed E-state index contributed by atoms with van der Waals surface area (Å²) in [4.78, 5) is 25.9. The maximum Gasteiger partial charge on any atom is 0.330 e. The molecule has 2 unspecified atom stereocenters. The molecule has 1 aromatic heterocycles. The molecule has 0 aliphatic carbocycles. The Labute approximate surface area is 131 Å². The van der Waals surface area contributed by atoms with Crippen LogP contribution in [-0.4, -0.2) is 60.5 Å². The highest BCUT2D eigenvalue weighted by Crippen LogP contribution is 2.28. The van der Waals surface area contributed by atoms with Crippen molar-refractivity contribution >= 4 is 5.69 Å². The second-order valence-electron chi connectivity index (χ2n) is 6.39. The third kappa shape index (κ3) is 3.16. The highest BCUT2D eigenvalue weighted by Gasteiger charge is 2.44. The molecule has 23 heavy (non-hydrogen) atoms. The van der Waals surface area contributed by atoms with Gasteiger partial charge in [0.05, 0.1) is 12.1 Å². The Morgan fingerprint density at radius 1 is 1.30 bits per heavy atom. The molecule has 1 aromatic rings. The van der Waals surface area contributed by atoms with Gasteiger partial charge in [0.15, 0.2) is 6.23 Å². The quantitative estimate of drug-likeness (QED) is 0.405. The first-order valence-corrected chi connectivity index (χ1v) is 7.05. The number of nitrogens with zero attached hydrogens (tertiary/aromatic N) is 2. The molecule has 1 saturated heterocycles. The van der Waals surface area contributed by atoms with Gasteiger partial charge in [-0.2, -0.15) is 0 Å². The number of aromatic nitrogens is 2. The Bertz CT molecular complexity index is 677. The van der Waals surface area contributed by atoms with Crippen molar-refractivity contribution in [2.75, 3.05) is 11.7 Å². The van der Waals surface area contributed by atoms with Crippen LogP contribution < -0.4 is 16.3 Å². The van der Waals surface area contributed by atoms with Gasteiger partial charge in [0.25, 0.3) is 5.56 Å². The smallest absolute Gasteiger partial charge is 0.330 e. The van der Waals surface area contributed by atoms with Gasteiger partial charge in [0, 0.05) is 6.20 Å². The van der Waals surface area contributed by atoms with Crippen molar-refractivity contribution in [2.45, 2.75) is 50.8 Å². The summed E-state index contributed by atoms with van der Waals surface area (Å²) in [5.41, 5.74) is -2.74. The van der Waals surface area contributed by atoms with Crippen LogP contribution >= 0.6 is 0 Å². The minimum Gasteiger partial charge on any atom is -0.394 e. The summed E-state index contributed by atoms with van der Waals surface area (Å²) in [7, 11) is 0. The number of hydrogen-bond donors (Lipinski definition) is 5. The molecule has 0 aromatic carbocycles. The minimum absolute atomic E-state index is 0.227. The lowest BCUT2D eigenvalue weighted by molar-refractivity contribution is -0.0550. The van der Waals surface area contributed by atoms with Gasteiger partial charge in [-0.3, -0.25) is 19.6 Å². The fourth-order valence-corrected chi connectivity index (χ4v) is 2.29. The summed E-state index contributed by atoms with van der Waals surface area (Å²) in [5, 5.41) is 39.6. The average molecular weight is 331 g/mol. The van der Waals surface area contributed by atoms with Crippen molar-refractivity contribution in [1.29, 1.82) is 0 Å². The van der Waals surface area contributed by atoms with E-state index < -0.39 is 47.9 Å². The van der Waals surface area contributed by atoms with E-state index in [0.717, 1.165) is 10.8 Å². The third-order valence-electron chi connectivity index (χ3n) is 3.60. The van der Waals surface area contributed by atoms with Crippen LogP contribution in [0.3, 0.4) is 0 Å². The minimum atomic E-state index is -1.48. The van der Waals surface area contributed by atoms with E-state index in [4.69, 9.17) is 9.84 Å². The summed E-state index contributed by atoms with van der Waals surface area (Å²) in [6.07, 6.45) is -4.21. The highest BCUT2D eigenvalue weighted by molar-refractivity contribution is 5.41. The first-order chi connectivity index (χ1) is 10.6. The van der Waals surface area contributed by atoms with Crippen molar-refractivity contribution in [1.82, 2.24) is 9.55 Å². The molecular formula is C13H21N3O7. The number of aliphatic hydroxyl groups is 3. The van der Waals surface area contributed by atoms with Crippen molar-refractivity contribution in [3.63, 3.8) is 0 Å². The number of rotatable bonds is 3. The lowest BCUT2D eigenvalue weighted by Crippen LogP contribution is -2.45. The van der Waals surface area contributed by atoms with Crippen molar-refractivity contribution in [3.05, 3.63) is 27.0 Å². The normalized spacial score (nSPS) is 28.1. The molecule has 0 spiro atoms. The van der Waals surface area contributed by atoms with Gasteiger partial charge in [0.2, 0.25) is 0 Å². The van der Waals surface area contributed by atoms with E-state index in [2.05, 4.69) is 0 Å². The number of anilines is 1. The molecule has 0 amide bonds. The van der Waals surface area contributed by atoms with E-state index >= 15 is 0 Å². The highest BCUT2D eigenvalue weighted by atomic mass is 16.6. The van der Waals surface area contributed by atoms with Gasteiger partial charge in [0.1, 0.15) is 24.0 Å². The monoisotopic (exact) mass is 331 g/mol. The number of hydrogen-bond acceptors (Lipinski definition) is 8. The maximum atomic E-state index is 12.0. The molecule has 4 atom stereocenters. The number of ether oxygens (including phenoxy) is 1. The molecule has 10 nitrogen and oxygen atoms in total. The predicted octanol–water partition coefficient (Wildman–Crippen LogP) is -1.86. The van der Waals surface area contributed by atoms with Gasteiger partial charge in [-0.1, -0.05) is 0 Å². The van der Waals surface area contributed by atoms with Gasteiger partial charge in [-0.05, 0) is 20.8 Å². The summed E-state index contributed by atoms with van der Waals surface area (Å²) in [6, 6.07) is 0. The van der Waals surface area contributed by atoms with Crippen LogP contribution in [0.25, 0.3) is 0 Å². The van der Waals surface area contributed by atoms with Gasteiger partial charge < -0.3 is 20.1 Å². The molecule has 1 fully saturated rings. The van der Waals surface area contributed by atoms with Crippen molar-refractivity contribution in [2.24, 2.45) is 0 Å². The van der Waals surface area contributed by atoms with Crippen molar-refractivity contribution in [3.8, 4) is 0 Å². The first-order valence-electron chi connectivity index (χ1n) is 7.05. The fraction of sp³-hybridized carbons (Fsp3) is 0.692. The summed E-state index contributed by atoms with van der Waals surface area (Å²) in [6.45, 7) is 4.39. The van der Waals surface area contributed by atoms with Crippen LogP contribution in [0, 0.1) is 0 Å². The largest absolute Gasteiger partial charge is 0.394 e. The van der Waals surface area contributed by atoms with Crippen LogP contribution in [0.2, 0.25) is 0 Å². The van der Waals surface area contributed by atoms with Crippen molar-refractivity contribution < 1.29 is 25.3 Å². The third-order valence-corrected chi connectivity index (χ3v) is 3.60. The molecule has 10 heteroatoms. The molecule has 1 aliphatic rings. The summed E-state index contributed by atoms with van der Waals surface area (Å²) in [5.74, 6) is 0. The van der Waals surface area contributed by atoms with Crippen LogP contribution in [0.5, 0.6) is 0 Å². The zero-order valence-corrected chi connectivity index (χ0v) is 13.0. The molecule has 2 heterocycles. The summed E-state index contributed by atoms with van der Waals surface area (Å²) >= 11 is 0. The zero-order chi connectivity index (χ0) is 17.5. The zero-order valence-electron chi connectivity index (χ0n) is 13.0. The van der Waals surface area contributed by atoms with Crippen LogP contribution in [-0.2, 0) is 4.74 Å². The Morgan fingerprint density at radius 3 is 2.39 bits per heavy atom. The first kappa shape index (κ1) is 17.6. The lowest BCUT2D eigenvalue weighted by atomic mass is 10.1. The number of aromatic amines is 1. The van der Waals surface area contributed by atoms with E-state index in [-0.39, 0.29) is 5.69 Å².